The molecule has 1 atom stereocenters. The Morgan fingerprint density at radius 1 is 1.14 bits per heavy atom. The lowest BCUT2D eigenvalue weighted by atomic mass is 10.1. The van der Waals surface area contributed by atoms with E-state index in [4.69, 9.17) is 0 Å². The Bertz CT molecular complexity index is 448. The molecular weight excluding hydrogens is 286 g/mol. The maximum absolute atomic E-state index is 12.7. The number of rotatable bonds is 3. The van der Waals surface area contributed by atoms with Crippen LogP contribution in [0.3, 0.4) is 0 Å². The van der Waals surface area contributed by atoms with Gasteiger partial charge in [0.05, 0.1) is 6.04 Å². The number of carbonyl (C=O) groups is 1. The fourth-order valence-corrected chi connectivity index (χ4v) is 3.21. The van der Waals surface area contributed by atoms with E-state index in [1.807, 2.05) is 11.0 Å². The number of likely N-dealkylation sites (tertiary alicyclic amines) is 1. The van der Waals surface area contributed by atoms with Gasteiger partial charge in [-0.15, -0.1) is 12.4 Å². The second kappa shape index (κ2) is 7.78. The number of nitrogens with one attached hydrogen (secondary N) is 1. The highest BCUT2D eigenvalue weighted by Crippen LogP contribution is 2.22. The van der Waals surface area contributed by atoms with E-state index in [1.54, 1.807) is 0 Å². The summed E-state index contributed by atoms with van der Waals surface area (Å²) in [6, 6.07) is 10.6. The van der Waals surface area contributed by atoms with Crippen LogP contribution < -0.4 is 5.32 Å². The Kier molecular flexibility index (Phi) is 6.03. The summed E-state index contributed by atoms with van der Waals surface area (Å²) in [6.45, 7) is 5.50. The Hall–Kier alpha value is -1.10. The van der Waals surface area contributed by atoms with Crippen LogP contribution in [0, 0.1) is 0 Å². The summed E-state index contributed by atoms with van der Waals surface area (Å²) >= 11 is 0. The SMILES string of the molecule is Cl.O=C(C1CCCN1Cc1ccccc1)N1CCNCC1. The van der Waals surface area contributed by atoms with Crippen LogP contribution in [0.1, 0.15) is 18.4 Å². The van der Waals surface area contributed by atoms with Crippen LogP contribution in [-0.4, -0.2) is 54.5 Å². The molecule has 1 aromatic rings. The first-order valence-electron chi connectivity index (χ1n) is 7.62. The summed E-state index contributed by atoms with van der Waals surface area (Å²) in [5.41, 5.74) is 1.30. The molecule has 21 heavy (non-hydrogen) atoms. The third kappa shape index (κ3) is 3.96. The lowest BCUT2D eigenvalue weighted by Crippen LogP contribution is -2.52. The van der Waals surface area contributed by atoms with Crippen molar-refractivity contribution in [3.05, 3.63) is 35.9 Å². The summed E-state index contributed by atoms with van der Waals surface area (Å²) in [5, 5.41) is 3.30. The average Bonchev–Trinajstić information content (AvgIpc) is 2.96. The molecule has 0 saturated carbocycles. The molecule has 3 rings (SSSR count). The molecule has 2 saturated heterocycles. The van der Waals surface area contributed by atoms with Crippen molar-refractivity contribution in [2.45, 2.75) is 25.4 Å². The Balaban J connectivity index is 0.00000161. The number of carbonyl (C=O) groups excluding carboxylic acids is 1. The minimum Gasteiger partial charge on any atom is -0.339 e. The second-order valence-electron chi connectivity index (χ2n) is 5.69. The Morgan fingerprint density at radius 3 is 2.57 bits per heavy atom. The zero-order chi connectivity index (χ0) is 13.8. The molecule has 0 aromatic heterocycles. The zero-order valence-electron chi connectivity index (χ0n) is 12.3. The molecule has 4 nitrogen and oxygen atoms in total. The fourth-order valence-electron chi connectivity index (χ4n) is 3.21. The average molecular weight is 310 g/mol. The van der Waals surface area contributed by atoms with Crippen molar-refractivity contribution >= 4 is 18.3 Å². The van der Waals surface area contributed by atoms with Crippen LogP contribution in [-0.2, 0) is 11.3 Å². The molecule has 1 aromatic carbocycles. The summed E-state index contributed by atoms with van der Waals surface area (Å²) in [7, 11) is 0. The molecule has 2 heterocycles. The van der Waals surface area contributed by atoms with Gasteiger partial charge in [-0.1, -0.05) is 30.3 Å². The van der Waals surface area contributed by atoms with Gasteiger partial charge < -0.3 is 10.2 Å². The van der Waals surface area contributed by atoms with Crippen molar-refractivity contribution in [2.75, 3.05) is 32.7 Å². The normalized spacial score (nSPS) is 22.9. The minimum absolute atomic E-state index is 0. The predicted molar refractivity (Wildman–Crippen MR) is 86.6 cm³/mol. The molecule has 0 bridgehead atoms. The highest BCUT2D eigenvalue weighted by atomic mass is 35.5. The number of hydrogen-bond donors (Lipinski definition) is 1. The van der Waals surface area contributed by atoms with Crippen molar-refractivity contribution < 1.29 is 4.79 Å². The number of halogens is 1. The third-order valence-electron chi connectivity index (χ3n) is 4.31. The van der Waals surface area contributed by atoms with Gasteiger partial charge in [0.15, 0.2) is 0 Å². The monoisotopic (exact) mass is 309 g/mol. The highest BCUT2D eigenvalue weighted by molar-refractivity contribution is 5.85. The summed E-state index contributed by atoms with van der Waals surface area (Å²) in [6.07, 6.45) is 2.14. The molecule has 1 unspecified atom stereocenters. The Morgan fingerprint density at radius 2 is 1.86 bits per heavy atom. The maximum Gasteiger partial charge on any atom is 0.240 e. The molecular formula is C16H24ClN3O. The predicted octanol–water partition coefficient (Wildman–Crippen LogP) is 1.50. The van der Waals surface area contributed by atoms with Gasteiger partial charge in [0.25, 0.3) is 0 Å². The Labute approximate surface area is 132 Å². The summed E-state index contributed by atoms with van der Waals surface area (Å²) in [5.74, 6) is 0.333. The van der Waals surface area contributed by atoms with Gasteiger partial charge in [-0.25, -0.2) is 0 Å². The standard InChI is InChI=1S/C16H23N3O.ClH/c20-16(18-11-8-17-9-12-18)15-7-4-10-19(15)13-14-5-2-1-3-6-14;/h1-3,5-6,15,17H,4,7-13H2;1H. The van der Waals surface area contributed by atoms with Crippen LogP contribution in [0.4, 0.5) is 0 Å². The first kappa shape index (κ1) is 16.3. The van der Waals surface area contributed by atoms with Crippen LogP contribution in [0.15, 0.2) is 30.3 Å². The van der Waals surface area contributed by atoms with E-state index in [0.29, 0.717) is 5.91 Å². The van der Waals surface area contributed by atoms with Crippen molar-refractivity contribution in [2.24, 2.45) is 0 Å². The van der Waals surface area contributed by atoms with Gasteiger partial charge in [0, 0.05) is 32.7 Å². The van der Waals surface area contributed by atoms with E-state index < -0.39 is 0 Å². The van der Waals surface area contributed by atoms with Gasteiger partial charge in [-0.3, -0.25) is 9.69 Å². The van der Waals surface area contributed by atoms with Crippen LogP contribution in [0.5, 0.6) is 0 Å². The molecule has 2 aliphatic rings. The van der Waals surface area contributed by atoms with Crippen LogP contribution in [0.25, 0.3) is 0 Å². The third-order valence-corrected chi connectivity index (χ3v) is 4.31. The fraction of sp³-hybridized carbons (Fsp3) is 0.562. The van der Waals surface area contributed by atoms with Crippen molar-refractivity contribution in [1.82, 2.24) is 15.1 Å². The molecule has 0 aliphatic carbocycles. The molecule has 1 N–H and O–H groups in total. The molecule has 116 valence electrons. The lowest BCUT2D eigenvalue weighted by Gasteiger charge is -2.33. The minimum atomic E-state index is 0. The van der Waals surface area contributed by atoms with E-state index >= 15 is 0 Å². The van der Waals surface area contributed by atoms with Crippen LogP contribution in [0.2, 0.25) is 0 Å². The van der Waals surface area contributed by atoms with E-state index in [-0.39, 0.29) is 18.4 Å². The van der Waals surface area contributed by atoms with Crippen molar-refractivity contribution in [3.63, 3.8) is 0 Å². The van der Waals surface area contributed by atoms with E-state index in [1.165, 1.54) is 5.56 Å². The van der Waals surface area contributed by atoms with Crippen LogP contribution >= 0.6 is 12.4 Å². The van der Waals surface area contributed by atoms with Crippen molar-refractivity contribution in [3.8, 4) is 0 Å². The number of piperazine rings is 1. The summed E-state index contributed by atoms with van der Waals surface area (Å²) < 4.78 is 0. The second-order valence-corrected chi connectivity index (χ2v) is 5.69. The van der Waals surface area contributed by atoms with E-state index in [2.05, 4.69) is 34.5 Å². The van der Waals surface area contributed by atoms with Gasteiger partial charge in [-0.05, 0) is 24.9 Å². The lowest BCUT2D eigenvalue weighted by molar-refractivity contribution is -0.136. The number of benzene rings is 1. The van der Waals surface area contributed by atoms with Gasteiger partial charge >= 0.3 is 0 Å². The molecule has 5 heteroatoms. The number of amides is 1. The van der Waals surface area contributed by atoms with Gasteiger partial charge in [0.1, 0.15) is 0 Å². The quantitative estimate of drug-likeness (QED) is 0.919. The zero-order valence-corrected chi connectivity index (χ0v) is 13.1. The largest absolute Gasteiger partial charge is 0.339 e. The maximum atomic E-state index is 12.7. The molecule has 2 aliphatic heterocycles. The first-order chi connectivity index (χ1) is 9.84. The smallest absolute Gasteiger partial charge is 0.240 e. The molecule has 1 amide bonds. The molecule has 0 spiro atoms. The summed E-state index contributed by atoms with van der Waals surface area (Å²) in [4.78, 5) is 17.0. The van der Waals surface area contributed by atoms with Gasteiger partial charge in [0.2, 0.25) is 5.91 Å². The van der Waals surface area contributed by atoms with E-state index in [0.717, 1.165) is 52.1 Å². The topological polar surface area (TPSA) is 35.6 Å². The number of nitrogens with zero attached hydrogens (tertiary/aromatic N) is 2. The molecule has 2 fully saturated rings. The first-order valence-corrected chi connectivity index (χ1v) is 7.62. The molecule has 0 radical (unpaired) electrons. The van der Waals surface area contributed by atoms with E-state index in [9.17, 15) is 4.79 Å². The highest BCUT2D eigenvalue weighted by Gasteiger charge is 2.33. The van der Waals surface area contributed by atoms with Gasteiger partial charge in [-0.2, -0.15) is 0 Å². The number of hydrogen-bond acceptors (Lipinski definition) is 3. The van der Waals surface area contributed by atoms with Crippen molar-refractivity contribution in [1.29, 1.82) is 0 Å².